The fraction of sp³-hybridized carbons (Fsp3) is 0.357. The molecule has 1 aromatic heterocycles. The molecule has 0 saturated heterocycles. The molecule has 0 bridgehead atoms. The Morgan fingerprint density at radius 3 is 2.74 bits per heavy atom. The summed E-state index contributed by atoms with van der Waals surface area (Å²) < 4.78 is 54.6. The monoisotopic (exact) mass is 345 g/mol. The van der Waals surface area contributed by atoms with E-state index in [1.165, 1.54) is 0 Å². The minimum absolute atomic E-state index is 0.107. The first kappa shape index (κ1) is 17.5. The van der Waals surface area contributed by atoms with Crippen LogP contribution in [-0.2, 0) is 23.5 Å². The minimum Gasteiger partial charge on any atom is -0.396 e. The summed E-state index contributed by atoms with van der Waals surface area (Å²) in [5.41, 5.74) is 0.836. The van der Waals surface area contributed by atoms with Crippen molar-refractivity contribution in [1.82, 2.24) is 14.5 Å². The summed E-state index contributed by atoms with van der Waals surface area (Å²) in [6, 6.07) is 2.21. The molecule has 126 valence electrons. The van der Waals surface area contributed by atoms with E-state index in [4.69, 9.17) is 0 Å². The van der Waals surface area contributed by atoms with Gasteiger partial charge in [-0.15, -0.1) is 0 Å². The van der Waals surface area contributed by atoms with Crippen molar-refractivity contribution < 1.29 is 22.3 Å². The van der Waals surface area contributed by atoms with E-state index in [1.807, 2.05) is 0 Å². The fourth-order valence-electron chi connectivity index (χ4n) is 2.10. The van der Waals surface area contributed by atoms with E-state index in [0.717, 1.165) is 17.7 Å². The smallest absolute Gasteiger partial charge is 0.243 e. The van der Waals surface area contributed by atoms with Gasteiger partial charge in [-0.2, -0.15) is 5.10 Å². The van der Waals surface area contributed by atoms with Gasteiger partial charge in [0, 0.05) is 26.4 Å². The van der Waals surface area contributed by atoms with Crippen LogP contribution in [0, 0.1) is 17.6 Å². The lowest BCUT2D eigenvalue weighted by atomic mass is 10.0. The van der Waals surface area contributed by atoms with Gasteiger partial charge in [-0.05, 0) is 36.1 Å². The quantitative estimate of drug-likeness (QED) is 0.778. The van der Waals surface area contributed by atoms with Crippen molar-refractivity contribution in [1.29, 1.82) is 0 Å². The van der Waals surface area contributed by atoms with Crippen LogP contribution in [0.15, 0.2) is 35.5 Å². The maximum absolute atomic E-state index is 13.6. The molecule has 2 N–H and O–H groups in total. The number of hydrogen-bond donors (Lipinski definition) is 2. The highest BCUT2D eigenvalue weighted by molar-refractivity contribution is 7.89. The van der Waals surface area contributed by atoms with Crippen LogP contribution in [0.3, 0.4) is 0 Å². The van der Waals surface area contributed by atoms with Crippen LogP contribution in [0.25, 0.3) is 0 Å². The van der Waals surface area contributed by atoms with Gasteiger partial charge in [0.25, 0.3) is 0 Å². The van der Waals surface area contributed by atoms with E-state index in [9.17, 15) is 22.3 Å². The zero-order valence-corrected chi connectivity index (χ0v) is 13.2. The van der Waals surface area contributed by atoms with Gasteiger partial charge >= 0.3 is 0 Å². The lowest BCUT2D eigenvalue weighted by molar-refractivity contribution is 0.227. The van der Waals surface area contributed by atoms with Gasteiger partial charge in [0.2, 0.25) is 10.0 Å². The van der Waals surface area contributed by atoms with Gasteiger partial charge in [0.15, 0.2) is 0 Å². The first-order chi connectivity index (χ1) is 10.8. The Morgan fingerprint density at radius 1 is 1.39 bits per heavy atom. The summed E-state index contributed by atoms with van der Waals surface area (Å²) in [5, 5.41) is 13.4. The number of aryl methyl sites for hydroxylation is 1. The molecule has 2 aromatic rings. The molecule has 1 atom stereocenters. The Kier molecular flexibility index (Phi) is 5.45. The molecule has 0 spiro atoms. The number of nitrogens with one attached hydrogen (secondary N) is 1. The normalized spacial score (nSPS) is 13.2. The standard InChI is InChI=1S/C14H17F2N3O3S/c1-19-8-10(6-17-19)4-11(9-20)7-18-23(21,22)14-5-12(15)2-3-13(14)16/h2-3,5-6,8,11,18,20H,4,7,9H2,1H3. The third kappa shape index (κ3) is 4.57. The van der Waals surface area contributed by atoms with E-state index >= 15 is 0 Å². The summed E-state index contributed by atoms with van der Waals surface area (Å²) in [6.07, 6.45) is 3.77. The highest BCUT2D eigenvalue weighted by Gasteiger charge is 2.21. The van der Waals surface area contributed by atoms with Crippen molar-refractivity contribution in [2.24, 2.45) is 13.0 Å². The topological polar surface area (TPSA) is 84.2 Å². The molecule has 9 heteroatoms. The molecule has 1 aromatic carbocycles. The molecular formula is C14H17F2N3O3S. The van der Waals surface area contributed by atoms with E-state index in [2.05, 4.69) is 9.82 Å². The first-order valence-corrected chi connectivity index (χ1v) is 8.33. The second-order valence-corrected chi connectivity index (χ2v) is 6.94. The molecule has 1 unspecified atom stereocenters. The van der Waals surface area contributed by atoms with Crippen molar-refractivity contribution in [3.05, 3.63) is 47.8 Å². The van der Waals surface area contributed by atoms with Gasteiger partial charge in [-0.1, -0.05) is 0 Å². The average molecular weight is 345 g/mol. The number of halogens is 2. The summed E-state index contributed by atoms with van der Waals surface area (Å²) in [5.74, 6) is -2.29. The predicted octanol–water partition coefficient (Wildman–Crippen LogP) is 0.828. The number of aliphatic hydroxyl groups excluding tert-OH is 1. The molecular weight excluding hydrogens is 328 g/mol. The van der Waals surface area contributed by atoms with Crippen LogP contribution in [0.4, 0.5) is 8.78 Å². The Hall–Kier alpha value is -1.84. The molecule has 0 amide bonds. The highest BCUT2D eigenvalue weighted by Crippen LogP contribution is 2.16. The summed E-state index contributed by atoms with van der Waals surface area (Å²) in [6.45, 7) is -0.368. The first-order valence-electron chi connectivity index (χ1n) is 6.85. The maximum Gasteiger partial charge on any atom is 0.243 e. The number of nitrogens with zero attached hydrogens (tertiary/aromatic N) is 2. The zero-order chi connectivity index (χ0) is 17.0. The Morgan fingerprint density at radius 2 is 2.13 bits per heavy atom. The van der Waals surface area contributed by atoms with Crippen LogP contribution in [0.5, 0.6) is 0 Å². The van der Waals surface area contributed by atoms with Crippen LogP contribution < -0.4 is 4.72 Å². The third-order valence-electron chi connectivity index (χ3n) is 3.29. The lowest BCUT2D eigenvalue weighted by Gasteiger charge is -2.14. The molecule has 6 nitrogen and oxygen atoms in total. The Bertz CT molecular complexity index is 777. The van der Waals surface area contributed by atoms with Gasteiger partial charge in [-0.25, -0.2) is 21.9 Å². The van der Waals surface area contributed by atoms with Gasteiger partial charge in [0.05, 0.1) is 6.20 Å². The summed E-state index contributed by atoms with van der Waals surface area (Å²) in [4.78, 5) is -0.754. The number of hydrogen-bond acceptors (Lipinski definition) is 4. The number of sulfonamides is 1. The van der Waals surface area contributed by atoms with Crippen LogP contribution in [0.2, 0.25) is 0 Å². The van der Waals surface area contributed by atoms with Crippen molar-refractivity contribution >= 4 is 10.0 Å². The highest BCUT2D eigenvalue weighted by atomic mass is 32.2. The molecule has 0 saturated carbocycles. The minimum atomic E-state index is -4.20. The Labute approximate surface area is 132 Å². The molecule has 0 aliphatic carbocycles. The molecule has 2 rings (SSSR count). The van der Waals surface area contributed by atoms with Crippen LogP contribution in [-0.4, -0.2) is 36.5 Å². The number of aromatic nitrogens is 2. The molecule has 0 aliphatic rings. The third-order valence-corrected chi connectivity index (χ3v) is 4.72. The second kappa shape index (κ2) is 7.16. The molecule has 0 aliphatic heterocycles. The number of benzene rings is 1. The Balaban J connectivity index is 2.06. The van der Waals surface area contributed by atoms with Gasteiger partial charge in [0.1, 0.15) is 16.5 Å². The summed E-state index contributed by atoms with van der Waals surface area (Å²) >= 11 is 0. The van der Waals surface area contributed by atoms with Crippen molar-refractivity contribution in [2.45, 2.75) is 11.3 Å². The number of rotatable bonds is 7. The van der Waals surface area contributed by atoms with E-state index in [-0.39, 0.29) is 13.2 Å². The molecule has 0 fully saturated rings. The molecule has 23 heavy (non-hydrogen) atoms. The van der Waals surface area contributed by atoms with Gasteiger partial charge in [-0.3, -0.25) is 4.68 Å². The van der Waals surface area contributed by atoms with Crippen molar-refractivity contribution in [3.63, 3.8) is 0 Å². The van der Waals surface area contributed by atoms with Crippen LogP contribution >= 0.6 is 0 Å². The zero-order valence-electron chi connectivity index (χ0n) is 12.4. The van der Waals surface area contributed by atoms with Crippen molar-refractivity contribution in [2.75, 3.05) is 13.2 Å². The van der Waals surface area contributed by atoms with E-state index in [1.54, 1.807) is 24.1 Å². The van der Waals surface area contributed by atoms with Crippen molar-refractivity contribution in [3.8, 4) is 0 Å². The SMILES string of the molecule is Cn1cc(CC(CO)CNS(=O)(=O)c2cc(F)ccc2F)cn1. The van der Waals surface area contributed by atoms with E-state index in [0.29, 0.717) is 12.5 Å². The lowest BCUT2D eigenvalue weighted by Crippen LogP contribution is -2.32. The average Bonchev–Trinajstić information content (AvgIpc) is 2.91. The largest absolute Gasteiger partial charge is 0.396 e. The second-order valence-electron chi connectivity index (χ2n) is 5.20. The van der Waals surface area contributed by atoms with Crippen LogP contribution in [0.1, 0.15) is 5.56 Å². The molecule has 1 heterocycles. The predicted molar refractivity (Wildman–Crippen MR) is 79.0 cm³/mol. The fourth-order valence-corrected chi connectivity index (χ4v) is 3.30. The maximum atomic E-state index is 13.6. The van der Waals surface area contributed by atoms with Gasteiger partial charge < -0.3 is 5.11 Å². The summed E-state index contributed by atoms with van der Waals surface area (Å²) in [7, 11) is -2.46. The number of aliphatic hydroxyl groups is 1. The molecule has 0 radical (unpaired) electrons. The van der Waals surface area contributed by atoms with E-state index < -0.39 is 32.5 Å².